The van der Waals surface area contributed by atoms with Crippen LogP contribution in [0.1, 0.15) is 12.5 Å². The highest BCUT2D eigenvalue weighted by Crippen LogP contribution is 2.38. The van der Waals surface area contributed by atoms with Crippen molar-refractivity contribution in [1.29, 1.82) is 0 Å². The summed E-state index contributed by atoms with van der Waals surface area (Å²) in [5, 5.41) is 10.1. The van der Waals surface area contributed by atoms with Crippen molar-refractivity contribution in [3.8, 4) is 34.0 Å². The van der Waals surface area contributed by atoms with Crippen LogP contribution in [0.4, 0.5) is 0 Å². The van der Waals surface area contributed by atoms with E-state index in [1.165, 1.54) is 0 Å². The number of hydrogen-bond donors (Lipinski definition) is 0. The number of benzene rings is 3. The van der Waals surface area contributed by atoms with E-state index < -0.39 is 0 Å². The molecule has 0 N–H and O–H groups in total. The number of fused-ring (bicyclic) bond motifs is 3. The van der Waals surface area contributed by atoms with Crippen LogP contribution in [0.3, 0.4) is 0 Å². The van der Waals surface area contributed by atoms with E-state index >= 15 is 0 Å². The molecule has 0 aliphatic carbocycles. The van der Waals surface area contributed by atoms with Crippen LogP contribution in [0.5, 0.6) is 11.5 Å². The number of pyridine rings is 1. The number of aromatic nitrogens is 3. The first-order chi connectivity index (χ1) is 15.3. The molecule has 0 spiro atoms. The maximum absolute atomic E-state index is 5.77. The minimum Gasteiger partial charge on any atom is -0.496 e. The van der Waals surface area contributed by atoms with Crippen molar-refractivity contribution in [2.24, 2.45) is 0 Å². The lowest BCUT2D eigenvalue weighted by molar-refractivity contribution is 0.340. The van der Waals surface area contributed by atoms with Crippen LogP contribution in [0, 0.1) is 0 Å². The fourth-order valence-corrected chi connectivity index (χ4v) is 4.04. The molecular weight excluding hydrogens is 386 g/mol. The molecule has 0 saturated heterocycles. The van der Waals surface area contributed by atoms with Crippen molar-refractivity contribution < 1.29 is 9.47 Å². The Morgan fingerprint density at radius 2 is 1.65 bits per heavy atom. The number of nitrogens with zero attached hydrogens (tertiary/aromatic N) is 3. The van der Waals surface area contributed by atoms with Gasteiger partial charge in [0.1, 0.15) is 22.9 Å². The van der Waals surface area contributed by atoms with Crippen LogP contribution >= 0.6 is 0 Å². The van der Waals surface area contributed by atoms with Crippen LogP contribution in [0.15, 0.2) is 79.0 Å². The second-order valence-electron chi connectivity index (χ2n) is 7.36. The largest absolute Gasteiger partial charge is 0.496 e. The minimum absolute atomic E-state index is 0.616. The molecule has 5 heteroatoms. The number of hydrogen-bond acceptors (Lipinski definition) is 4. The molecule has 2 aliphatic rings. The highest BCUT2D eigenvalue weighted by Gasteiger charge is 2.21. The van der Waals surface area contributed by atoms with Crippen LogP contribution in [0.25, 0.3) is 33.4 Å². The topological polar surface area (TPSA) is 49.2 Å². The average molecular weight is 409 g/mol. The summed E-state index contributed by atoms with van der Waals surface area (Å²) in [5.41, 5.74) is 6.01. The molecule has 3 aromatic carbocycles. The van der Waals surface area contributed by atoms with Crippen molar-refractivity contribution in [3.63, 3.8) is 0 Å². The van der Waals surface area contributed by atoms with Crippen molar-refractivity contribution in [2.45, 2.75) is 13.5 Å². The third-order valence-corrected chi connectivity index (χ3v) is 5.47. The van der Waals surface area contributed by atoms with Gasteiger partial charge in [-0.3, -0.25) is 0 Å². The van der Waals surface area contributed by atoms with E-state index in [0.717, 1.165) is 50.5 Å². The van der Waals surface area contributed by atoms with Crippen molar-refractivity contribution >= 4 is 10.9 Å². The molecule has 31 heavy (non-hydrogen) atoms. The molecule has 0 bridgehead atoms. The van der Waals surface area contributed by atoms with Gasteiger partial charge in [-0.05, 0) is 31.2 Å². The van der Waals surface area contributed by atoms with Gasteiger partial charge in [0, 0.05) is 28.3 Å². The number of rotatable bonds is 6. The van der Waals surface area contributed by atoms with Crippen LogP contribution < -0.4 is 9.47 Å². The SMILES string of the molecule is CCOc1ccc2c(c1)c1nnc(-c3ccccc3)c-1cn2Cc1ccccc1OC. The van der Waals surface area contributed by atoms with Crippen molar-refractivity contribution in [2.75, 3.05) is 13.7 Å². The Morgan fingerprint density at radius 3 is 2.45 bits per heavy atom. The summed E-state index contributed by atoms with van der Waals surface area (Å²) in [6.45, 7) is 3.27. The molecule has 154 valence electrons. The first kappa shape index (κ1) is 19.1. The second kappa shape index (κ2) is 8.11. The summed E-state index contributed by atoms with van der Waals surface area (Å²) in [5.74, 6) is 1.70. The smallest absolute Gasteiger partial charge is 0.123 e. The normalized spacial score (nSPS) is 11.2. The zero-order valence-corrected chi connectivity index (χ0v) is 17.6. The molecule has 3 aromatic rings. The molecule has 0 saturated carbocycles. The molecule has 2 heterocycles. The van der Waals surface area contributed by atoms with Gasteiger partial charge >= 0.3 is 0 Å². The van der Waals surface area contributed by atoms with Gasteiger partial charge in [-0.15, -0.1) is 10.2 Å². The predicted octanol–water partition coefficient (Wildman–Crippen LogP) is 5.66. The predicted molar refractivity (Wildman–Crippen MR) is 123 cm³/mol. The zero-order chi connectivity index (χ0) is 21.2. The van der Waals surface area contributed by atoms with Gasteiger partial charge in [-0.2, -0.15) is 0 Å². The molecule has 0 unspecified atom stereocenters. The molecular formula is C26H23N3O2. The third-order valence-electron chi connectivity index (χ3n) is 5.47. The highest BCUT2D eigenvalue weighted by atomic mass is 16.5. The van der Waals surface area contributed by atoms with Gasteiger partial charge in [-0.1, -0.05) is 48.5 Å². The van der Waals surface area contributed by atoms with E-state index in [0.29, 0.717) is 13.2 Å². The number of ether oxygens (including phenoxy) is 2. The van der Waals surface area contributed by atoms with E-state index in [1.807, 2.05) is 49.4 Å². The molecule has 0 fully saturated rings. The Hall–Kier alpha value is -3.86. The lowest BCUT2D eigenvalue weighted by Gasteiger charge is -2.17. The summed E-state index contributed by atoms with van der Waals surface area (Å²) in [4.78, 5) is 0. The summed E-state index contributed by atoms with van der Waals surface area (Å²) in [6, 6.07) is 24.4. The van der Waals surface area contributed by atoms with Gasteiger partial charge in [0.2, 0.25) is 0 Å². The lowest BCUT2D eigenvalue weighted by Crippen LogP contribution is -2.05. The molecule has 5 rings (SSSR count). The van der Waals surface area contributed by atoms with E-state index in [2.05, 4.69) is 51.3 Å². The Kier molecular flexibility index (Phi) is 5.00. The third kappa shape index (κ3) is 3.48. The quantitative estimate of drug-likeness (QED) is 0.363. The van der Waals surface area contributed by atoms with Crippen molar-refractivity contribution in [3.05, 3.63) is 84.6 Å². The highest BCUT2D eigenvalue weighted by molar-refractivity contribution is 5.98. The van der Waals surface area contributed by atoms with E-state index in [-0.39, 0.29) is 0 Å². The van der Waals surface area contributed by atoms with Crippen molar-refractivity contribution in [1.82, 2.24) is 14.8 Å². The van der Waals surface area contributed by atoms with E-state index in [4.69, 9.17) is 9.47 Å². The van der Waals surface area contributed by atoms with E-state index in [9.17, 15) is 0 Å². The Morgan fingerprint density at radius 1 is 0.871 bits per heavy atom. The standard InChI is InChI=1S/C26H23N3O2/c1-3-31-20-13-14-23-21(15-20)26-22(25(27-28-26)18-9-5-4-6-10-18)17-29(23)16-19-11-7-8-12-24(19)30-2/h4-15,17H,3,16H2,1-2H3. The summed E-state index contributed by atoms with van der Waals surface area (Å²) < 4.78 is 13.6. The summed E-state index contributed by atoms with van der Waals surface area (Å²) >= 11 is 0. The van der Waals surface area contributed by atoms with Gasteiger partial charge in [0.05, 0.1) is 25.8 Å². The summed E-state index contributed by atoms with van der Waals surface area (Å²) in [6.07, 6.45) is 2.15. The fraction of sp³-hybridized carbons (Fsp3) is 0.154. The van der Waals surface area contributed by atoms with E-state index in [1.54, 1.807) is 7.11 Å². The van der Waals surface area contributed by atoms with Crippen LogP contribution in [-0.2, 0) is 6.54 Å². The molecule has 5 nitrogen and oxygen atoms in total. The van der Waals surface area contributed by atoms with Gasteiger partial charge < -0.3 is 14.0 Å². The first-order valence-corrected chi connectivity index (χ1v) is 10.4. The fourth-order valence-electron chi connectivity index (χ4n) is 4.04. The lowest BCUT2D eigenvalue weighted by atomic mass is 10.0. The number of para-hydroxylation sites is 1. The molecule has 0 radical (unpaired) electrons. The monoisotopic (exact) mass is 409 g/mol. The Labute approximate surface area is 181 Å². The van der Waals surface area contributed by atoms with Gasteiger partial charge in [0.25, 0.3) is 0 Å². The minimum atomic E-state index is 0.616. The maximum Gasteiger partial charge on any atom is 0.123 e. The Balaban J connectivity index is 1.74. The van der Waals surface area contributed by atoms with Crippen LogP contribution in [-0.4, -0.2) is 28.5 Å². The second-order valence-corrected chi connectivity index (χ2v) is 7.36. The van der Waals surface area contributed by atoms with Gasteiger partial charge in [-0.25, -0.2) is 0 Å². The zero-order valence-electron chi connectivity index (χ0n) is 17.6. The molecule has 0 aromatic heterocycles. The average Bonchev–Trinajstić information content (AvgIpc) is 3.24. The maximum atomic E-state index is 5.77. The van der Waals surface area contributed by atoms with Crippen LogP contribution in [0.2, 0.25) is 0 Å². The summed E-state index contributed by atoms with van der Waals surface area (Å²) in [7, 11) is 1.71. The first-order valence-electron chi connectivity index (χ1n) is 10.4. The Bertz CT molecular complexity index is 1310. The number of methoxy groups -OCH3 is 1. The molecule has 2 aliphatic heterocycles. The molecule has 0 amide bonds. The van der Waals surface area contributed by atoms with Gasteiger partial charge in [0.15, 0.2) is 0 Å². The molecule has 0 atom stereocenters.